The lowest BCUT2D eigenvalue weighted by molar-refractivity contribution is -0.149. The van der Waals surface area contributed by atoms with Gasteiger partial charge in [-0.1, -0.05) is 0 Å². The number of guanidine groups is 1. The van der Waals surface area contributed by atoms with Gasteiger partial charge in [-0.25, -0.2) is 4.79 Å². The number of aliphatic hydroxyl groups excluding tert-OH is 1. The lowest BCUT2D eigenvalue weighted by atomic mass is 10.1. The van der Waals surface area contributed by atoms with Crippen molar-refractivity contribution in [2.75, 3.05) is 19.7 Å². The maximum absolute atomic E-state index is 13.0. The maximum atomic E-state index is 13.0. The second kappa shape index (κ2) is 13.2. The minimum absolute atomic E-state index is 0.0504. The van der Waals surface area contributed by atoms with E-state index in [1.165, 1.54) is 0 Å². The fourth-order valence-electron chi connectivity index (χ4n) is 3.27. The molecule has 1 rings (SSSR count). The number of carboxylic acid groups (broad SMARTS) is 2. The number of nitrogens with two attached hydrogens (primary N) is 3. The van der Waals surface area contributed by atoms with E-state index in [0.29, 0.717) is 6.42 Å². The van der Waals surface area contributed by atoms with Crippen molar-refractivity contribution in [3.63, 3.8) is 0 Å². The van der Waals surface area contributed by atoms with Gasteiger partial charge in [0.1, 0.15) is 18.1 Å². The number of carbonyl (C=O) groups is 5. The van der Waals surface area contributed by atoms with Gasteiger partial charge in [0, 0.05) is 13.1 Å². The fourth-order valence-corrected chi connectivity index (χ4v) is 3.27. The van der Waals surface area contributed by atoms with Crippen LogP contribution in [0.15, 0.2) is 4.99 Å². The summed E-state index contributed by atoms with van der Waals surface area (Å²) in [5.74, 6) is -5.20. The first-order valence-electron chi connectivity index (χ1n) is 10.3. The molecule has 1 fully saturated rings. The van der Waals surface area contributed by atoms with Gasteiger partial charge in [-0.15, -0.1) is 0 Å². The van der Waals surface area contributed by atoms with E-state index in [9.17, 15) is 34.2 Å². The number of aliphatic imine (C=N–C) groups is 1. The summed E-state index contributed by atoms with van der Waals surface area (Å²) in [4.78, 5) is 64.8. The molecule has 1 aliphatic heterocycles. The Bertz CT molecular complexity index is 771. The highest BCUT2D eigenvalue weighted by molar-refractivity contribution is 5.95. The molecule has 0 aromatic heterocycles. The number of carbonyl (C=O) groups excluding carboxylic acids is 3. The highest BCUT2D eigenvalue weighted by Gasteiger charge is 2.38. The van der Waals surface area contributed by atoms with Crippen LogP contribution < -0.4 is 27.8 Å². The van der Waals surface area contributed by atoms with E-state index in [-0.39, 0.29) is 38.3 Å². The molecule has 0 aromatic carbocycles. The predicted octanol–water partition coefficient (Wildman–Crippen LogP) is -4.12. The van der Waals surface area contributed by atoms with Gasteiger partial charge in [-0.3, -0.25) is 24.2 Å². The Balaban J connectivity index is 2.92. The molecule has 1 aliphatic rings. The summed E-state index contributed by atoms with van der Waals surface area (Å²) >= 11 is 0. The van der Waals surface area contributed by atoms with E-state index in [0.717, 1.165) is 4.90 Å². The zero-order chi connectivity index (χ0) is 25.1. The van der Waals surface area contributed by atoms with Crippen LogP contribution in [0, 0.1) is 0 Å². The van der Waals surface area contributed by atoms with E-state index in [1.54, 1.807) is 0 Å². The van der Waals surface area contributed by atoms with Crippen LogP contribution in [0.5, 0.6) is 0 Å². The molecule has 4 atom stereocenters. The Morgan fingerprint density at radius 2 is 1.70 bits per heavy atom. The van der Waals surface area contributed by atoms with Gasteiger partial charge in [0.15, 0.2) is 5.96 Å². The van der Waals surface area contributed by atoms with Crippen LogP contribution in [0.4, 0.5) is 0 Å². The average molecular weight is 473 g/mol. The second-order valence-corrected chi connectivity index (χ2v) is 7.49. The number of aliphatic hydroxyl groups is 1. The number of nitrogens with zero attached hydrogens (tertiary/aromatic N) is 2. The van der Waals surface area contributed by atoms with Crippen molar-refractivity contribution >= 4 is 35.6 Å². The topological polar surface area (TPSA) is 264 Å². The molecule has 0 spiro atoms. The molecular weight excluding hydrogens is 442 g/mol. The standard InChI is InChI=1S/C18H31N7O8/c19-9(7-13(27)28)14(29)24-11(8-26)15(30)23-10(3-1-5-22-18(20)21)16(31)25-6-2-4-12(25)17(32)33/h9-12,26H,1-8,19H2,(H,23,30)(H,24,29)(H,27,28)(H,32,33)(H4,20,21,22). The van der Waals surface area contributed by atoms with Crippen molar-refractivity contribution in [1.82, 2.24) is 15.5 Å². The molecule has 0 aromatic rings. The molecule has 186 valence electrons. The molecule has 1 heterocycles. The number of aliphatic carboxylic acids is 2. The zero-order valence-electron chi connectivity index (χ0n) is 18.0. The number of hydrogen-bond acceptors (Lipinski definition) is 8. The minimum Gasteiger partial charge on any atom is -0.481 e. The molecule has 15 nitrogen and oxygen atoms in total. The van der Waals surface area contributed by atoms with E-state index < -0.39 is 66.9 Å². The van der Waals surface area contributed by atoms with E-state index in [1.807, 2.05) is 0 Å². The number of amides is 3. The molecule has 4 unspecified atom stereocenters. The second-order valence-electron chi connectivity index (χ2n) is 7.49. The zero-order valence-corrected chi connectivity index (χ0v) is 18.0. The summed E-state index contributed by atoms with van der Waals surface area (Å²) in [5, 5.41) is 32.1. The third kappa shape index (κ3) is 8.89. The highest BCUT2D eigenvalue weighted by Crippen LogP contribution is 2.19. The van der Waals surface area contributed by atoms with Crippen molar-refractivity contribution < 1.29 is 39.3 Å². The van der Waals surface area contributed by atoms with Gasteiger partial charge in [0.05, 0.1) is 19.1 Å². The van der Waals surface area contributed by atoms with E-state index >= 15 is 0 Å². The molecule has 0 bridgehead atoms. The molecule has 11 N–H and O–H groups in total. The van der Waals surface area contributed by atoms with Crippen molar-refractivity contribution in [2.45, 2.75) is 56.3 Å². The summed E-state index contributed by atoms with van der Waals surface area (Å²) in [6.45, 7) is -0.511. The van der Waals surface area contributed by atoms with Gasteiger partial charge >= 0.3 is 11.9 Å². The molecular formula is C18H31N7O8. The van der Waals surface area contributed by atoms with Crippen LogP contribution in [0.3, 0.4) is 0 Å². The lowest BCUT2D eigenvalue weighted by Gasteiger charge is -2.28. The summed E-state index contributed by atoms with van der Waals surface area (Å²) < 4.78 is 0. The first kappa shape index (κ1) is 27.6. The van der Waals surface area contributed by atoms with Gasteiger partial charge in [-0.2, -0.15) is 0 Å². The van der Waals surface area contributed by atoms with Crippen LogP contribution in [0.2, 0.25) is 0 Å². The summed E-state index contributed by atoms with van der Waals surface area (Å²) in [7, 11) is 0. The Labute approximate surface area is 189 Å². The number of likely N-dealkylation sites (tertiary alicyclic amines) is 1. The molecule has 1 saturated heterocycles. The SMILES string of the molecule is NC(N)=NCCCC(NC(=O)C(CO)NC(=O)C(N)CC(=O)O)C(=O)N1CCCC1C(=O)O. The van der Waals surface area contributed by atoms with Gasteiger partial charge < -0.3 is 48.1 Å². The summed E-state index contributed by atoms with van der Waals surface area (Å²) in [5.41, 5.74) is 16.0. The Morgan fingerprint density at radius 3 is 2.24 bits per heavy atom. The smallest absolute Gasteiger partial charge is 0.326 e. The Morgan fingerprint density at radius 1 is 1.06 bits per heavy atom. The number of hydrogen-bond donors (Lipinski definition) is 8. The van der Waals surface area contributed by atoms with E-state index in [4.69, 9.17) is 22.3 Å². The fraction of sp³-hybridized carbons (Fsp3) is 0.667. The maximum Gasteiger partial charge on any atom is 0.326 e. The van der Waals surface area contributed by atoms with Crippen LogP contribution in [0.25, 0.3) is 0 Å². The normalized spacial score (nSPS) is 18.0. The van der Waals surface area contributed by atoms with Crippen molar-refractivity contribution in [3.8, 4) is 0 Å². The lowest BCUT2D eigenvalue weighted by Crippen LogP contribution is -2.58. The van der Waals surface area contributed by atoms with Crippen molar-refractivity contribution in [3.05, 3.63) is 0 Å². The minimum atomic E-state index is -1.51. The van der Waals surface area contributed by atoms with Gasteiger partial charge in [0.2, 0.25) is 17.7 Å². The van der Waals surface area contributed by atoms with Gasteiger partial charge in [-0.05, 0) is 25.7 Å². The number of carboxylic acids is 2. The third-order valence-electron chi connectivity index (χ3n) is 4.93. The average Bonchev–Trinajstić information content (AvgIpc) is 3.22. The monoisotopic (exact) mass is 473 g/mol. The van der Waals surface area contributed by atoms with Crippen LogP contribution in [-0.4, -0.2) is 99.7 Å². The van der Waals surface area contributed by atoms with Crippen molar-refractivity contribution in [2.24, 2.45) is 22.2 Å². The Kier molecular flexibility index (Phi) is 11.0. The quantitative estimate of drug-likeness (QED) is 0.0723. The van der Waals surface area contributed by atoms with Gasteiger partial charge in [0.25, 0.3) is 0 Å². The van der Waals surface area contributed by atoms with Crippen LogP contribution in [-0.2, 0) is 24.0 Å². The highest BCUT2D eigenvalue weighted by atomic mass is 16.4. The predicted molar refractivity (Wildman–Crippen MR) is 113 cm³/mol. The number of nitrogens with one attached hydrogen (secondary N) is 2. The van der Waals surface area contributed by atoms with Crippen LogP contribution >= 0.6 is 0 Å². The number of rotatable bonds is 13. The third-order valence-corrected chi connectivity index (χ3v) is 4.93. The van der Waals surface area contributed by atoms with Crippen molar-refractivity contribution in [1.29, 1.82) is 0 Å². The summed E-state index contributed by atoms with van der Waals surface area (Å²) in [6, 6.07) is -5.18. The molecule has 33 heavy (non-hydrogen) atoms. The molecule has 0 saturated carbocycles. The first-order chi connectivity index (χ1) is 15.5. The molecule has 0 aliphatic carbocycles. The largest absolute Gasteiger partial charge is 0.481 e. The first-order valence-corrected chi connectivity index (χ1v) is 10.3. The molecule has 15 heteroatoms. The Hall–Kier alpha value is -3.46. The summed E-state index contributed by atoms with van der Waals surface area (Å²) in [6.07, 6.45) is 0.373. The molecule has 0 radical (unpaired) electrons. The van der Waals surface area contributed by atoms with E-state index in [2.05, 4.69) is 15.6 Å². The molecule has 3 amide bonds. The van der Waals surface area contributed by atoms with Crippen LogP contribution in [0.1, 0.15) is 32.1 Å².